The highest BCUT2D eigenvalue weighted by Crippen LogP contribution is 2.66. The summed E-state index contributed by atoms with van der Waals surface area (Å²) in [6.45, 7) is 4.62. The summed E-state index contributed by atoms with van der Waals surface area (Å²) in [5.41, 5.74) is -0.625. The molecule has 0 saturated heterocycles. The van der Waals surface area contributed by atoms with Crippen LogP contribution in [0.3, 0.4) is 0 Å². The molecule has 1 fully saturated rings. The van der Waals surface area contributed by atoms with Crippen LogP contribution in [0.25, 0.3) is 0 Å². The number of aliphatic hydroxyl groups excluding tert-OH is 1. The van der Waals surface area contributed by atoms with E-state index in [-0.39, 0.29) is 18.1 Å². The highest BCUT2D eigenvalue weighted by molar-refractivity contribution is 7.46. The maximum atomic E-state index is 13.0. The molecule has 0 radical (unpaired) electrons. The lowest BCUT2D eigenvalue weighted by Gasteiger charge is -2.53. The number of fused-ring (bicyclic) bond motifs is 4. The van der Waals surface area contributed by atoms with Crippen molar-refractivity contribution in [3.63, 3.8) is 0 Å². The Labute approximate surface area is 180 Å². The molecule has 0 spiro atoms. The summed E-state index contributed by atoms with van der Waals surface area (Å²) in [6, 6.07) is 0. The summed E-state index contributed by atoms with van der Waals surface area (Å²) >= 11 is 0. The minimum atomic E-state index is -4.87. The Kier molecular flexibility index (Phi) is 5.17. The summed E-state index contributed by atoms with van der Waals surface area (Å²) in [6.07, 6.45) is 6.01. The molecule has 0 aromatic rings. The first kappa shape index (κ1) is 22.8. The highest BCUT2D eigenvalue weighted by Gasteiger charge is 2.67. The molecule has 6 atom stereocenters. The van der Waals surface area contributed by atoms with E-state index in [2.05, 4.69) is 4.52 Å². The van der Waals surface area contributed by atoms with E-state index in [1.54, 1.807) is 19.9 Å². The van der Waals surface area contributed by atoms with Crippen LogP contribution >= 0.6 is 7.82 Å². The standard InChI is InChI=1S/C22H29O8P/c1-12-8-16-15-5-4-13-9-14(23)6-7-20(13,2)19(15)17(24)10-21(16,3)22(12,26)18(25)11-30-31(27,28)29/h6-7,9,12,16-17,24,26H,4-5,8,10-11H2,1-3H3,(H2,27,28,29)/t12-,16-,17-,20-,21-,22-/m0/s1. The summed E-state index contributed by atoms with van der Waals surface area (Å²) in [5, 5.41) is 22.9. The highest BCUT2D eigenvalue weighted by atomic mass is 31.2. The average Bonchev–Trinajstić information content (AvgIpc) is 2.87. The molecule has 9 heteroatoms. The SMILES string of the molecule is C[C@H]1C[C@H]2C3=C([C@@H](O)C[C@]2(C)[C@@]1(O)C(=O)COP(=O)(O)O)[C@@]1(C)C=CC(=O)C=C1CC3. The number of phosphoric acid groups is 1. The molecule has 4 aliphatic rings. The molecule has 1 saturated carbocycles. The van der Waals surface area contributed by atoms with Gasteiger partial charge >= 0.3 is 7.82 Å². The molecule has 0 aromatic carbocycles. The zero-order valence-corrected chi connectivity index (χ0v) is 18.8. The van der Waals surface area contributed by atoms with Crippen molar-refractivity contribution >= 4 is 19.4 Å². The van der Waals surface area contributed by atoms with E-state index in [9.17, 15) is 24.4 Å². The molecule has 8 nitrogen and oxygen atoms in total. The van der Waals surface area contributed by atoms with Crippen LogP contribution in [-0.4, -0.2) is 49.9 Å². The lowest BCUT2D eigenvalue weighted by Crippen LogP contribution is -2.58. The number of ketones is 2. The van der Waals surface area contributed by atoms with Crippen molar-refractivity contribution in [2.24, 2.45) is 22.7 Å². The molecule has 4 rings (SSSR count). The van der Waals surface area contributed by atoms with Crippen molar-refractivity contribution in [1.82, 2.24) is 0 Å². The van der Waals surface area contributed by atoms with Crippen molar-refractivity contribution in [3.8, 4) is 0 Å². The van der Waals surface area contributed by atoms with Gasteiger partial charge in [-0.05, 0) is 62.2 Å². The Balaban J connectivity index is 1.76. The number of carbonyl (C=O) groups is 2. The molecule has 0 bridgehead atoms. The predicted molar refractivity (Wildman–Crippen MR) is 111 cm³/mol. The smallest absolute Gasteiger partial charge is 0.389 e. The summed E-state index contributed by atoms with van der Waals surface area (Å²) < 4.78 is 15.5. The van der Waals surface area contributed by atoms with Crippen LogP contribution in [0, 0.1) is 22.7 Å². The number of hydrogen-bond acceptors (Lipinski definition) is 6. The van der Waals surface area contributed by atoms with Crippen LogP contribution in [-0.2, 0) is 18.7 Å². The number of rotatable bonds is 4. The van der Waals surface area contributed by atoms with Gasteiger partial charge in [0.15, 0.2) is 11.6 Å². The van der Waals surface area contributed by atoms with Gasteiger partial charge in [0.1, 0.15) is 12.2 Å². The third-order valence-electron chi connectivity index (χ3n) is 8.24. The Hall–Kier alpha value is -1.41. The number of hydrogen-bond donors (Lipinski definition) is 4. The zero-order valence-electron chi connectivity index (χ0n) is 17.9. The molecular formula is C22H29O8P. The zero-order chi connectivity index (χ0) is 23.0. The first-order valence-corrected chi connectivity index (χ1v) is 12.1. The van der Waals surface area contributed by atoms with Crippen LogP contribution in [0.4, 0.5) is 0 Å². The molecule has 4 N–H and O–H groups in total. The molecule has 0 unspecified atom stereocenters. The lowest BCUT2D eigenvalue weighted by molar-refractivity contribution is -0.163. The number of aliphatic hydroxyl groups is 2. The van der Waals surface area contributed by atoms with E-state index in [0.29, 0.717) is 19.3 Å². The third kappa shape index (κ3) is 3.19. The lowest BCUT2D eigenvalue weighted by atomic mass is 9.52. The first-order valence-electron chi connectivity index (χ1n) is 10.6. The first-order chi connectivity index (χ1) is 14.2. The molecule has 0 aromatic heterocycles. The van der Waals surface area contributed by atoms with E-state index >= 15 is 0 Å². The van der Waals surface area contributed by atoms with Crippen LogP contribution < -0.4 is 0 Å². The molecule has 0 heterocycles. The number of allylic oxidation sites excluding steroid dienone is 5. The van der Waals surface area contributed by atoms with E-state index < -0.39 is 48.7 Å². The van der Waals surface area contributed by atoms with E-state index in [4.69, 9.17) is 9.79 Å². The van der Waals surface area contributed by atoms with Gasteiger partial charge in [-0.1, -0.05) is 31.1 Å². The van der Waals surface area contributed by atoms with Gasteiger partial charge in [0.25, 0.3) is 0 Å². The van der Waals surface area contributed by atoms with Crippen LogP contribution in [0.2, 0.25) is 0 Å². The maximum absolute atomic E-state index is 13.0. The fourth-order valence-corrected chi connectivity index (χ4v) is 7.05. The number of phosphoric ester groups is 1. The summed E-state index contributed by atoms with van der Waals surface area (Å²) in [4.78, 5) is 42.9. The second kappa shape index (κ2) is 7.04. The minimum Gasteiger partial charge on any atom is -0.389 e. The maximum Gasteiger partial charge on any atom is 0.470 e. The van der Waals surface area contributed by atoms with Crippen molar-refractivity contribution in [1.29, 1.82) is 0 Å². The van der Waals surface area contributed by atoms with Crippen molar-refractivity contribution in [3.05, 3.63) is 34.9 Å². The second-order valence-electron chi connectivity index (χ2n) is 9.83. The van der Waals surface area contributed by atoms with Gasteiger partial charge < -0.3 is 20.0 Å². The van der Waals surface area contributed by atoms with E-state index in [1.165, 1.54) is 6.08 Å². The van der Waals surface area contributed by atoms with Gasteiger partial charge in [-0.3, -0.25) is 14.1 Å². The molecule has 0 aliphatic heterocycles. The monoisotopic (exact) mass is 452 g/mol. The molecule has 170 valence electrons. The average molecular weight is 452 g/mol. The van der Waals surface area contributed by atoms with Crippen molar-refractivity contribution < 1.29 is 38.7 Å². The van der Waals surface area contributed by atoms with Gasteiger partial charge in [-0.15, -0.1) is 0 Å². The van der Waals surface area contributed by atoms with Crippen LogP contribution in [0.1, 0.15) is 46.5 Å². The molecule has 31 heavy (non-hydrogen) atoms. The normalized spacial score (nSPS) is 42.1. The Morgan fingerprint density at radius 3 is 2.61 bits per heavy atom. The largest absolute Gasteiger partial charge is 0.470 e. The van der Waals surface area contributed by atoms with Crippen molar-refractivity contribution in [2.75, 3.05) is 6.61 Å². The molecular weight excluding hydrogens is 423 g/mol. The third-order valence-corrected chi connectivity index (χ3v) is 8.70. The summed E-state index contributed by atoms with van der Waals surface area (Å²) in [5.74, 6) is -1.50. The molecule has 0 amide bonds. The predicted octanol–water partition coefficient (Wildman–Crippen LogP) is 1.98. The van der Waals surface area contributed by atoms with Gasteiger partial charge in [0.2, 0.25) is 0 Å². The van der Waals surface area contributed by atoms with Gasteiger partial charge in [-0.2, -0.15) is 0 Å². The van der Waals surface area contributed by atoms with E-state index in [1.807, 2.05) is 13.0 Å². The van der Waals surface area contributed by atoms with E-state index in [0.717, 1.165) is 16.7 Å². The van der Waals surface area contributed by atoms with Gasteiger partial charge in [0, 0.05) is 10.8 Å². The fourth-order valence-electron chi connectivity index (χ4n) is 6.77. The van der Waals surface area contributed by atoms with Crippen molar-refractivity contribution in [2.45, 2.75) is 58.2 Å². The second-order valence-corrected chi connectivity index (χ2v) is 11.1. The Morgan fingerprint density at radius 2 is 1.97 bits per heavy atom. The Bertz CT molecular complexity index is 989. The van der Waals surface area contributed by atoms with Gasteiger partial charge in [0.05, 0.1) is 6.10 Å². The van der Waals surface area contributed by atoms with Crippen LogP contribution in [0.15, 0.2) is 34.9 Å². The Morgan fingerprint density at radius 1 is 1.29 bits per heavy atom. The van der Waals surface area contributed by atoms with Crippen LogP contribution in [0.5, 0.6) is 0 Å². The quantitative estimate of drug-likeness (QED) is 0.375. The molecule has 4 aliphatic carbocycles. The minimum absolute atomic E-state index is 0.0637. The van der Waals surface area contributed by atoms with Gasteiger partial charge in [-0.25, -0.2) is 4.57 Å². The fraction of sp³-hybridized carbons (Fsp3) is 0.636. The summed E-state index contributed by atoms with van der Waals surface area (Å²) in [7, 11) is -4.87. The topological polar surface area (TPSA) is 141 Å². The number of carbonyl (C=O) groups excluding carboxylic acids is 2. The number of Topliss-reactive ketones (excluding diaryl/α,β-unsaturated/α-hetero) is 1.